The van der Waals surface area contributed by atoms with Crippen LogP contribution in [-0.4, -0.2) is 40.9 Å². The number of thiol groups is 2. The van der Waals surface area contributed by atoms with E-state index < -0.39 is 0 Å². The van der Waals surface area contributed by atoms with Gasteiger partial charge >= 0.3 is 0 Å². The van der Waals surface area contributed by atoms with Crippen molar-refractivity contribution in [3.8, 4) is 11.5 Å². The Balaban J connectivity index is 0.000000316. The van der Waals surface area contributed by atoms with Gasteiger partial charge in [-0.1, -0.05) is 114 Å². The second-order valence-electron chi connectivity index (χ2n) is 11.0. The summed E-state index contributed by atoms with van der Waals surface area (Å²) < 4.78 is 1.42. The van der Waals surface area contributed by atoms with E-state index in [1.54, 1.807) is 12.1 Å². The molecule has 0 aliphatic heterocycles. The van der Waals surface area contributed by atoms with Crippen molar-refractivity contribution >= 4 is 46.8 Å². The Labute approximate surface area is 276 Å². The molecular formula is C36H52NNiO2S2+. The molecule has 0 saturated carbocycles. The normalized spacial score (nSPS) is 10.8. The van der Waals surface area contributed by atoms with Gasteiger partial charge in [-0.2, -0.15) is 0 Å². The van der Waals surface area contributed by atoms with Crippen LogP contribution in [0.4, 0.5) is 0 Å². The molecule has 0 aromatic heterocycles. The van der Waals surface area contributed by atoms with Crippen LogP contribution in [-0.2, 0) is 16.5 Å². The average molecular weight is 654 g/mol. The second-order valence-corrected chi connectivity index (χ2v) is 11.9. The first kappa shape index (κ1) is 38.2. The summed E-state index contributed by atoms with van der Waals surface area (Å²) in [4.78, 5) is 1.29. The third-order valence-electron chi connectivity index (χ3n) is 7.70. The molecule has 4 aromatic rings. The fraction of sp³-hybridized carbons (Fsp3) is 0.444. The number of phenols is 2. The van der Waals surface area contributed by atoms with Crippen molar-refractivity contribution in [3.63, 3.8) is 0 Å². The molecular weight excluding hydrogens is 601 g/mol. The minimum Gasteiger partial charge on any atom is -0.507 e. The number of hydrogen-bond donors (Lipinski definition) is 4. The fourth-order valence-electron chi connectivity index (χ4n) is 5.13. The molecule has 0 saturated heterocycles. The van der Waals surface area contributed by atoms with Crippen molar-refractivity contribution in [3.05, 3.63) is 72.8 Å². The molecule has 0 heterocycles. The number of fused-ring (bicyclic) bond motifs is 2. The summed E-state index contributed by atoms with van der Waals surface area (Å²) >= 11 is 8.43. The topological polar surface area (TPSA) is 40.5 Å². The van der Waals surface area contributed by atoms with Crippen LogP contribution in [0.3, 0.4) is 0 Å². The first-order valence-electron chi connectivity index (χ1n) is 15.5. The third kappa shape index (κ3) is 12.0. The maximum atomic E-state index is 9.34. The van der Waals surface area contributed by atoms with Crippen molar-refractivity contribution in [2.75, 3.05) is 26.2 Å². The van der Waals surface area contributed by atoms with Crippen LogP contribution in [0, 0.1) is 0 Å². The molecule has 4 aromatic carbocycles. The summed E-state index contributed by atoms with van der Waals surface area (Å²) in [5.41, 5.74) is 0. The Morgan fingerprint density at radius 2 is 0.810 bits per heavy atom. The Bertz CT molecular complexity index is 1190. The van der Waals surface area contributed by atoms with Gasteiger partial charge in [-0.05, 0) is 59.4 Å². The SMILES string of the molecule is CCCC[N+](CCCC)(CCCC)CCCC.Oc1ccc2ccccc2c1S.Oc1ccc2ccccc2c1S.[Ni]. The number of rotatable bonds is 12. The number of phenolic OH excluding ortho intramolecular Hbond substituents is 2. The van der Waals surface area contributed by atoms with E-state index in [0.29, 0.717) is 9.79 Å². The van der Waals surface area contributed by atoms with E-state index in [9.17, 15) is 10.2 Å². The summed E-state index contributed by atoms with van der Waals surface area (Å²) in [5, 5.41) is 22.9. The molecule has 0 atom stereocenters. The van der Waals surface area contributed by atoms with Crippen molar-refractivity contribution in [1.29, 1.82) is 0 Å². The van der Waals surface area contributed by atoms with Crippen LogP contribution in [0.5, 0.6) is 11.5 Å². The first-order valence-corrected chi connectivity index (χ1v) is 16.4. The van der Waals surface area contributed by atoms with Gasteiger partial charge in [0, 0.05) is 16.5 Å². The van der Waals surface area contributed by atoms with E-state index in [0.717, 1.165) is 21.5 Å². The molecule has 6 heteroatoms. The standard InChI is InChI=1S/C16H36N.2C10H8OS.Ni/c1-5-9-13-17(14-10-6-2,15-11-7-3)16-12-8-4;2*11-9-6-5-7-3-1-2-4-8(7)10(9)12;/h5-16H2,1-4H3;2*1-6,11-12H;/q+1;;;. The molecule has 0 aliphatic rings. The fourth-order valence-corrected chi connectivity index (χ4v) is 5.69. The predicted molar refractivity (Wildman–Crippen MR) is 185 cm³/mol. The maximum Gasteiger partial charge on any atom is 0.129 e. The van der Waals surface area contributed by atoms with Gasteiger partial charge in [-0.15, -0.1) is 25.3 Å². The smallest absolute Gasteiger partial charge is 0.129 e. The van der Waals surface area contributed by atoms with Gasteiger partial charge in [0.25, 0.3) is 0 Å². The molecule has 0 amide bonds. The van der Waals surface area contributed by atoms with Crippen molar-refractivity contribution in [2.45, 2.75) is 88.9 Å². The van der Waals surface area contributed by atoms with Crippen LogP contribution in [0.1, 0.15) is 79.1 Å². The van der Waals surface area contributed by atoms with Gasteiger partial charge in [0.1, 0.15) is 11.5 Å². The molecule has 0 radical (unpaired) electrons. The number of aromatic hydroxyl groups is 2. The van der Waals surface area contributed by atoms with Crippen molar-refractivity contribution < 1.29 is 31.2 Å². The van der Waals surface area contributed by atoms with E-state index in [2.05, 4.69) is 53.0 Å². The van der Waals surface area contributed by atoms with E-state index in [1.807, 2.05) is 60.7 Å². The minimum absolute atomic E-state index is 0. The van der Waals surface area contributed by atoms with E-state index in [-0.39, 0.29) is 28.0 Å². The van der Waals surface area contributed by atoms with E-state index in [4.69, 9.17) is 0 Å². The Morgan fingerprint density at radius 1 is 0.500 bits per heavy atom. The van der Waals surface area contributed by atoms with E-state index in [1.165, 1.54) is 82.0 Å². The first-order chi connectivity index (χ1) is 19.8. The maximum absolute atomic E-state index is 9.34. The van der Waals surface area contributed by atoms with Crippen molar-refractivity contribution in [1.82, 2.24) is 0 Å². The van der Waals surface area contributed by atoms with Gasteiger partial charge in [0.2, 0.25) is 0 Å². The van der Waals surface area contributed by atoms with Crippen LogP contribution in [0.15, 0.2) is 82.6 Å². The second kappa shape index (κ2) is 21.0. The van der Waals surface area contributed by atoms with Crippen LogP contribution >= 0.6 is 25.3 Å². The zero-order valence-corrected chi connectivity index (χ0v) is 28.7. The Hall–Kier alpha value is -1.85. The molecule has 2 N–H and O–H groups in total. The Morgan fingerprint density at radius 3 is 1.12 bits per heavy atom. The monoisotopic (exact) mass is 652 g/mol. The van der Waals surface area contributed by atoms with Crippen LogP contribution in [0.2, 0.25) is 0 Å². The van der Waals surface area contributed by atoms with E-state index >= 15 is 0 Å². The van der Waals surface area contributed by atoms with Gasteiger partial charge in [-0.25, -0.2) is 0 Å². The number of nitrogens with zero attached hydrogens (tertiary/aromatic N) is 1. The van der Waals surface area contributed by atoms with Gasteiger partial charge < -0.3 is 14.7 Å². The van der Waals surface area contributed by atoms with Gasteiger partial charge in [0.15, 0.2) is 0 Å². The third-order valence-corrected chi connectivity index (χ3v) is 8.64. The summed E-state index contributed by atoms with van der Waals surface area (Å²) in [5.74, 6) is 0.467. The van der Waals surface area contributed by atoms with Crippen molar-refractivity contribution in [2.24, 2.45) is 0 Å². The molecule has 4 rings (SSSR count). The molecule has 0 spiro atoms. The minimum atomic E-state index is 0. The van der Waals surface area contributed by atoms with Gasteiger partial charge in [0.05, 0.1) is 36.0 Å². The molecule has 234 valence electrons. The zero-order valence-electron chi connectivity index (χ0n) is 26.0. The number of quaternary nitrogens is 1. The molecule has 0 unspecified atom stereocenters. The zero-order chi connectivity index (χ0) is 30.1. The summed E-state index contributed by atoms with van der Waals surface area (Å²) in [6, 6.07) is 22.7. The largest absolute Gasteiger partial charge is 0.507 e. The number of hydrogen-bond acceptors (Lipinski definition) is 4. The number of unbranched alkanes of at least 4 members (excludes halogenated alkanes) is 4. The predicted octanol–water partition coefficient (Wildman–Crippen LogP) is 10.7. The van der Waals surface area contributed by atoms with Crippen LogP contribution < -0.4 is 0 Å². The van der Waals surface area contributed by atoms with Gasteiger partial charge in [-0.3, -0.25) is 0 Å². The molecule has 3 nitrogen and oxygen atoms in total. The van der Waals surface area contributed by atoms with Crippen LogP contribution in [0.25, 0.3) is 21.5 Å². The molecule has 0 aliphatic carbocycles. The summed E-state index contributed by atoms with van der Waals surface area (Å²) in [6.07, 6.45) is 11.1. The Kier molecular flexibility index (Phi) is 19.0. The summed E-state index contributed by atoms with van der Waals surface area (Å²) in [7, 11) is 0. The number of benzene rings is 4. The summed E-state index contributed by atoms with van der Waals surface area (Å²) in [6.45, 7) is 15.0. The molecule has 0 fully saturated rings. The quantitative estimate of drug-likeness (QED) is 0.0698. The molecule has 42 heavy (non-hydrogen) atoms. The average Bonchev–Trinajstić information content (AvgIpc) is 3.01. The molecule has 0 bridgehead atoms.